The van der Waals surface area contributed by atoms with E-state index in [1.54, 1.807) is 0 Å². The summed E-state index contributed by atoms with van der Waals surface area (Å²) in [6, 6.07) is 14.8. The van der Waals surface area contributed by atoms with Gasteiger partial charge in [0.15, 0.2) is 0 Å². The molecule has 0 bridgehead atoms. The standard InChI is InChI=1S/C21H29NO2.ClH/c1-5-20(18-11-9-15(2)10-12-18)22-13-19(23)14-24-21-8-6-7-16(3)17(21)4;/h6-12,19-20,22-23H,5,13-14H2,1-4H3;1H. The minimum absolute atomic E-state index is 0. The average Bonchev–Trinajstić information content (AvgIpc) is 2.58. The molecule has 138 valence electrons. The summed E-state index contributed by atoms with van der Waals surface area (Å²) < 4.78 is 5.78. The van der Waals surface area contributed by atoms with E-state index >= 15 is 0 Å². The molecule has 0 aliphatic heterocycles. The zero-order chi connectivity index (χ0) is 17.5. The van der Waals surface area contributed by atoms with Gasteiger partial charge < -0.3 is 15.2 Å². The van der Waals surface area contributed by atoms with Crippen molar-refractivity contribution in [3.63, 3.8) is 0 Å². The van der Waals surface area contributed by atoms with Gasteiger partial charge in [-0.15, -0.1) is 12.4 Å². The fourth-order valence-corrected chi connectivity index (χ4v) is 2.70. The van der Waals surface area contributed by atoms with Gasteiger partial charge in [-0.3, -0.25) is 0 Å². The zero-order valence-corrected chi connectivity index (χ0v) is 16.4. The van der Waals surface area contributed by atoms with E-state index in [1.807, 2.05) is 19.1 Å². The van der Waals surface area contributed by atoms with Gasteiger partial charge in [-0.05, 0) is 49.9 Å². The first-order chi connectivity index (χ1) is 11.5. The highest BCUT2D eigenvalue weighted by atomic mass is 35.5. The molecule has 2 rings (SSSR count). The molecule has 0 fully saturated rings. The Hall–Kier alpha value is -1.55. The van der Waals surface area contributed by atoms with Gasteiger partial charge in [0.2, 0.25) is 0 Å². The van der Waals surface area contributed by atoms with Crippen LogP contribution in [0.1, 0.15) is 41.6 Å². The quantitative estimate of drug-likeness (QED) is 0.724. The largest absolute Gasteiger partial charge is 0.491 e. The molecule has 0 aliphatic carbocycles. The Bertz CT molecular complexity index is 643. The van der Waals surface area contributed by atoms with Crippen LogP contribution >= 0.6 is 12.4 Å². The van der Waals surface area contributed by atoms with E-state index in [0.29, 0.717) is 13.2 Å². The molecule has 0 saturated heterocycles. The molecular formula is C21H30ClNO2. The molecule has 2 unspecified atom stereocenters. The molecule has 2 aromatic rings. The summed E-state index contributed by atoms with van der Waals surface area (Å²) in [5.41, 5.74) is 4.84. The Morgan fingerprint density at radius 2 is 1.72 bits per heavy atom. The van der Waals surface area contributed by atoms with E-state index in [0.717, 1.165) is 17.7 Å². The van der Waals surface area contributed by atoms with Crippen molar-refractivity contribution in [1.29, 1.82) is 0 Å². The van der Waals surface area contributed by atoms with Crippen LogP contribution in [0.5, 0.6) is 5.75 Å². The first kappa shape index (κ1) is 21.5. The van der Waals surface area contributed by atoms with Gasteiger partial charge in [0.05, 0.1) is 0 Å². The van der Waals surface area contributed by atoms with E-state index < -0.39 is 6.10 Å². The Balaban J connectivity index is 0.00000312. The smallest absolute Gasteiger partial charge is 0.122 e. The van der Waals surface area contributed by atoms with Crippen LogP contribution in [0.4, 0.5) is 0 Å². The van der Waals surface area contributed by atoms with Crippen molar-refractivity contribution in [3.05, 3.63) is 64.7 Å². The number of rotatable bonds is 8. The van der Waals surface area contributed by atoms with E-state index in [1.165, 1.54) is 16.7 Å². The van der Waals surface area contributed by atoms with Crippen molar-refractivity contribution in [2.75, 3.05) is 13.2 Å². The fourth-order valence-electron chi connectivity index (χ4n) is 2.70. The van der Waals surface area contributed by atoms with E-state index in [9.17, 15) is 5.11 Å². The van der Waals surface area contributed by atoms with Crippen LogP contribution in [0.25, 0.3) is 0 Å². The lowest BCUT2D eigenvalue weighted by Gasteiger charge is -2.21. The summed E-state index contributed by atoms with van der Waals surface area (Å²) in [4.78, 5) is 0. The van der Waals surface area contributed by atoms with Crippen LogP contribution in [0.3, 0.4) is 0 Å². The summed E-state index contributed by atoms with van der Waals surface area (Å²) in [6.07, 6.45) is 0.442. The molecule has 2 aromatic carbocycles. The normalized spacial score (nSPS) is 13.0. The van der Waals surface area contributed by atoms with Crippen LogP contribution in [0, 0.1) is 20.8 Å². The molecule has 0 aromatic heterocycles. The van der Waals surface area contributed by atoms with E-state index in [4.69, 9.17) is 4.74 Å². The van der Waals surface area contributed by atoms with E-state index in [-0.39, 0.29) is 18.4 Å². The summed E-state index contributed by atoms with van der Waals surface area (Å²) in [5, 5.41) is 13.7. The maximum atomic E-state index is 10.2. The van der Waals surface area contributed by atoms with Crippen LogP contribution < -0.4 is 10.1 Å². The molecular weight excluding hydrogens is 334 g/mol. The van der Waals surface area contributed by atoms with Gasteiger partial charge in [-0.25, -0.2) is 0 Å². The topological polar surface area (TPSA) is 41.5 Å². The third kappa shape index (κ3) is 6.35. The second-order valence-electron chi connectivity index (χ2n) is 6.44. The highest BCUT2D eigenvalue weighted by Gasteiger charge is 2.12. The fraction of sp³-hybridized carbons (Fsp3) is 0.429. The number of hydrogen-bond acceptors (Lipinski definition) is 3. The Labute approximate surface area is 157 Å². The average molecular weight is 364 g/mol. The highest BCUT2D eigenvalue weighted by molar-refractivity contribution is 5.85. The predicted molar refractivity (Wildman–Crippen MR) is 107 cm³/mol. The number of aliphatic hydroxyl groups excluding tert-OH is 1. The number of benzene rings is 2. The molecule has 25 heavy (non-hydrogen) atoms. The minimum Gasteiger partial charge on any atom is -0.491 e. The lowest BCUT2D eigenvalue weighted by atomic mass is 10.0. The molecule has 0 saturated carbocycles. The molecule has 4 heteroatoms. The molecule has 2 atom stereocenters. The summed E-state index contributed by atoms with van der Waals surface area (Å²) in [5.74, 6) is 0.847. The number of hydrogen-bond donors (Lipinski definition) is 2. The van der Waals surface area contributed by atoms with Gasteiger partial charge >= 0.3 is 0 Å². The van der Waals surface area contributed by atoms with Gasteiger partial charge in [-0.2, -0.15) is 0 Å². The van der Waals surface area contributed by atoms with Crippen molar-refractivity contribution >= 4 is 12.4 Å². The van der Waals surface area contributed by atoms with Crippen molar-refractivity contribution in [2.45, 2.75) is 46.3 Å². The Morgan fingerprint density at radius 1 is 1.04 bits per heavy atom. The van der Waals surface area contributed by atoms with E-state index in [2.05, 4.69) is 56.4 Å². The van der Waals surface area contributed by atoms with Crippen LogP contribution in [0.2, 0.25) is 0 Å². The van der Waals surface area contributed by atoms with Gasteiger partial charge in [0.1, 0.15) is 18.5 Å². The van der Waals surface area contributed by atoms with Gasteiger partial charge in [0, 0.05) is 12.6 Å². The third-order valence-electron chi connectivity index (χ3n) is 4.47. The van der Waals surface area contributed by atoms with Gasteiger partial charge in [-0.1, -0.05) is 48.9 Å². The first-order valence-electron chi connectivity index (χ1n) is 8.68. The molecule has 0 aliphatic rings. The SMILES string of the molecule is CCC(NCC(O)COc1cccc(C)c1C)c1ccc(C)cc1.Cl. The van der Waals surface area contributed by atoms with Crippen LogP contribution in [-0.4, -0.2) is 24.4 Å². The number of aryl methyl sites for hydroxylation is 2. The number of ether oxygens (including phenoxy) is 1. The highest BCUT2D eigenvalue weighted by Crippen LogP contribution is 2.21. The second kappa shape index (κ2) is 10.4. The van der Waals surface area contributed by atoms with Crippen molar-refractivity contribution in [3.8, 4) is 5.75 Å². The zero-order valence-electron chi connectivity index (χ0n) is 15.6. The number of aliphatic hydroxyl groups is 1. The second-order valence-corrected chi connectivity index (χ2v) is 6.44. The van der Waals surface area contributed by atoms with Crippen molar-refractivity contribution < 1.29 is 9.84 Å². The van der Waals surface area contributed by atoms with Gasteiger partial charge in [0.25, 0.3) is 0 Å². The molecule has 0 heterocycles. The maximum absolute atomic E-state index is 10.2. The lowest BCUT2D eigenvalue weighted by Crippen LogP contribution is -2.33. The summed E-state index contributed by atoms with van der Waals surface area (Å²) >= 11 is 0. The maximum Gasteiger partial charge on any atom is 0.122 e. The summed E-state index contributed by atoms with van der Waals surface area (Å²) in [6.45, 7) is 9.15. The van der Waals surface area contributed by atoms with Crippen molar-refractivity contribution in [1.82, 2.24) is 5.32 Å². The first-order valence-corrected chi connectivity index (χ1v) is 8.68. The summed E-state index contributed by atoms with van der Waals surface area (Å²) in [7, 11) is 0. The molecule has 2 N–H and O–H groups in total. The van der Waals surface area contributed by atoms with Crippen molar-refractivity contribution in [2.24, 2.45) is 0 Å². The number of halogens is 1. The molecule has 0 spiro atoms. The van der Waals surface area contributed by atoms with Crippen LogP contribution in [-0.2, 0) is 0 Å². The lowest BCUT2D eigenvalue weighted by molar-refractivity contribution is 0.103. The number of nitrogens with one attached hydrogen (secondary N) is 1. The Kier molecular flexibility index (Phi) is 8.98. The molecule has 3 nitrogen and oxygen atoms in total. The van der Waals surface area contributed by atoms with Crippen LogP contribution in [0.15, 0.2) is 42.5 Å². The molecule has 0 radical (unpaired) electrons. The Morgan fingerprint density at radius 3 is 2.36 bits per heavy atom. The molecule has 0 amide bonds. The predicted octanol–water partition coefficient (Wildman–Crippen LogP) is 4.51. The minimum atomic E-state index is -0.538. The third-order valence-corrected chi connectivity index (χ3v) is 4.47. The monoisotopic (exact) mass is 363 g/mol.